The van der Waals surface area contributed by atoms with Crippen LogP contribution < -0.4 is 0 Å². The first-order chi connectivity index (χ1) is 10.7. The first kappa shape index (κ1) is 14.5. The Kier molecular flexibility index (Phi) is 4.04. The third-order valence-corrected chi connectivity index (χ3v) is 3.75. The molecule has 118 valence electrons. The molecular formula is C15H18N2O5. The third kappa shape index (κ3) is 2.79. The van der Waals surface area contributed by atoms with Crippen LogP contribution in [0.4, 0.5) is 0 Å². The predicted octanol–water partition coefficient (Wildman–Crippen LogP) is 0.842. The Morgan fingerprint density at radius 1 is 1.00 bits per heavy atom. The monoisotopic (exact) mass is 306 g/mol. The molecule has 0 saturated carbocycles. The highest BCUT2D eigenvalue weighted by atomic mass is 16.6. The van der Waals surface area contributed by atoms with E-state index in [1.54, 1.807) is 28.9 Å². The summed E-state index contributed by atoms with van der Waals surface area (Å²) >= 11 is 0. The SMILES string of the molecule is CC1=C(C(=O)N2CCN(C(=O)c3ccco3)CC2)OCCO1. The van der Waals surface area contributed by atoms with E-state index < -0.39 is 0 Å². The summed E-state index contributed by atoms with van der Waals surface area (Å²) in [6.07, 6.45) is 1.47. The van der Waals surface area contributed by atoms with E-state index in [0.29, 0.717) is 50.9 Å². The molecule has 0 atom stereocenters. The molecular weight excluding hydrogens is 288 g/mol. The molecule has 3 rings (SSSR count). The molecule has 2 aliphatic rings. The van der Waals surface area contributed by atoms with Gasteiger partial charge in [-0.2, -0.15) is 0 Å². The molecule has 0 aliphatic carbocycles. The average Bonchev–Trinajstić information content (AvgIpc) is 3.09. The van der Waals surface area contributed by atoms with Gasteiger partial charge in [0.25, 0.3) is 11.8 Å². The van der Waals surface area contributed by atoms with Crippen molar-refractivity contribution in [1.29, 1.82) is 0 Å². The molecule has 0 spiro atoms. The maximum absolute atomic E-state index is 12.4. The number of allylic oxidation sites excluding steroid dienone is 1. The van der Waals surface area contributed by atoms with Crippen LogP contribution in [-0.4, -0.2) is 61.0 Å². The zero-order chi connectivity index (χ0) is 15.5. The molecule has 2 aliphatic heterocycles. The molecule has 0 radical (unpaired) electrons. The van der Waals surface area contributed by atoms with Crippen molar-refractivity contribution in [3.63, 3.8) is 0 Å². The van der Waals surface area contributed by atoms with Gasteiger partial charge < -0.3 is 23.7 Å². The predicted molar refractivity (Wildman–Crippen MR) is 75.8 cm³/mol. The second kappa shape index (κ2) is 6.13. The number of ether oxygens (including phenoxy) is 2. The van der Waals surface area contributed by atoms with Crippen molar-refractivity contribution in [3.8, 4) is 0 Å². The Hall–Kier alpha value is -2.44. The molecule has 22 heavy (non-hydrogen) atoms. The number of hydrogen-bond donors (Lipinski definition) is 0. The zero-order valence-corrected chi connectivity index (χ0v) is 12.4. The van der Waals surface area contributed by atoms with Crippen molar-refractivity contribution in [2.24, 2.45) is 0 Å². The number of carbonyl (C=O) groups excluding carboxylic acids is 2. The minimum atomic E-state index is -0.178. The summed E-state index contributed by atoms with van der Waals surface area (Å²) in [6, 6.07) is 3.32. The lowest BCUT2D eigenvalue weighted by molar-refractivity contribution is -0.134. The van der Waals surface area contributed by atoms with Crippen molar-refractivity contribution in [3.05, 3.63) is 35.7 Å². The maximum Gasteiger partial charge on any atom is 0.292 e. The van der Waals surface area contributed by atoms with Crippen LogP contribution in [0.15, 0.2) is 34.3 Å². The Morgan fingerprint density at radius 2 is 1.64 bits per heavy atom. The molecule has 7 nitrogen and oxygen atoms in total. The number of furan rings is 1. The van der Waals surface area contributed by atoms with Crippen molar-refractivity contribution in [2.75, 3.05) is 39.4 Å². The lowest BCUT2D eigenvalue weighted by Crippen LogP contribution is -2.51. The van der Waals surface area contributed by atoms with Crippen LogP contribution in [-0.2, 0) is 14.3 Å². The summed E-state index contributed by atoms with van der Waals surface area (Å²) < 4.78 is 15.9. The zero-order valence-electron chi connectivity index (χ0n) is 12.4. The topological polar surface area (TPSA) is 72.2 Å². The molecule has 0 bridgehead atoms. The van der Waals surface area contributed by atoms with Crippen LogP contribution in [0, 0.1) is 0 Å². The molecule has 3 heterocycles. The number of amides is 2. The second-order valence-corrected chi connectivity index (χ2v) is 5.14. The van der Waals surface area contributed by atoms with Crippen molar-refractivity contribution >= 4 is 11.8 Å². The van der Waals surface area contributed by atoms with Gasteiger partial charge in [-0.1, -0.05) is 0 Å². The number of carbonyl (C=O) groups is 2. The van der Waals surface area contributed by atoms with Crippen LogP contribution in [0.2, 0.25) is 0 Å². The summed E-state index contributed by atoms with van der Waals surface area (Å²) in [7, 11) is 0. The van der Waals surface area contributed by atoms with Gasteiger partial charge in [-0.15, -0.1) is 0 Å². The maximum atomic E-state index is 12.4. The molecule has 0 unspecified atom stereocenters. The van der Waals surface area contributed by atoms with Gasteiger partial charge in [0.05, 0.1) is 6.26 Å². The number of rotatable bonds is 2. The largest absolute Gasteiger partial charge is 0.491 e. The van der Waals surface area contributed by atoms with Gasteiger partial charge in [-0.25, -0.2) is 0 Å². The lowest BCUT2D eigenvalue weighted by Gasteiger charge is -2.35. The quantitative estimate of drug-likeness (QED) is 0.810. The van der Waals surface area contributed by atoms with Crippen LogP contribution in [0.25, 0.3) is 0 Å². The van der Waals surface area contributed by atoms with Gasteiger partial charge in [0.2, 0.25) is 5.76 Å². The molecule has 7 heteroatoms. The lowest BCUT2D eigenvalue weighted by atomic mass is 10.2. The molecule has 0 aromatic carbocycles. The van der Waals surface area contributed by atoms with Crippen LogP contribution in [0.1, 0.15) is 17.5 Å². The summed E-state index contributed by atoms with van der Waals surface area (Å²) in [4.78, 5) is 27.9. The van der Waals surface area contributed by atoms with E-state index in [9.17, 15) is 9.59 Å². The van der Waals surface area contributed by atoms with Gasteiger partial charge >= 0.3 is 0 Å². The van der Waals surface area contributed by atoms with Gasteiger partial charge in [-0.05, 0) is 19.1 Å². The van der Waals surface area contributed by atoms with E-state index >= 15 is 0 Å². The van der Waals surface area contributed by atoms with E-state index in [2.05, 4.69) is 0 Å². The Balaban J connectivity index is 1.60. The summed E-state index contributed by atoms with van der Waals surface area (Å²) in [5.41, 5.74) is 0. The molecule has 0 N–H and O–H groups in total. The van der Waals surface area contributed by atoms with Crippen LogP contribution in [0.5, 0.6) is 0 Å². The van der Waals surface area contributed by atoms with Gasteiger partial charge in [-0.3, -0.25) is 9.59 Å². The highest BCUT2D eigenvalue weighted by molar-refractivity contribution is 5.93. The Labute approximate surface area is 128 Å². The van der Waals surface area contributed by atoms with Crippen molar-refractivity contribution in [2.45, 2.75) is 6.92 Å². The summed E-state index contributed by atoms with van der Waals surface area (Å²) in [6.45, 7) is 4.44. The fourth-order valence-corrected chi connectivity index (χ4v) is 2.53. The van der Waals surface area contributed by atoms with Crippen molar-refractivity contribution < 1.29 is 23.5 Å². The van der Waals surface area contributed by atoms with Crippen LogP contribution >= 0.6 is 0 Å². The minimum Gasteiger partial charge on any atom is -0.491 e. The number of hydrogen-bond acceptors (Lipinski definition) is 5. The normalized spacial score (nSPS) is 18.8. The highest BCUT2D eigenvalue weighted by Crippen LogP contribution is 2.17. The highest BCUT2D eigenvalue weighted by Gasteiger charge is 2.30. The molecule has 2 amide bonds. The average molecular weight is 306 g/mol. The van der Waals surface area contributed by atoms with E-state index in [0.717, 1.165) is 0 Å². The van der Waals surface area contributed by atoms with E-state index in [1.807, 2.05) is 0 Å². The summed E-state index contributed by atoms with van der Waals surface area (Å²) in [5.74, 6) is 0.789. The van der Waals surface area contributed by atoms with E-state index in [1.165, 1.54) is 6.26 Å². The fraction of sp³-hybridized carbons (Fsp3) is 0.467. The fourth-order valence-electron chi connectivity index (χ4n) is 2.53. The first-order valence-corrected chi connectivity index (χ1v) is 7.25. The number of piperazine rings is 1. The Morgan fingerprint density at radius 3 is 2.23 bits per heavy atom. The second-order valence-electron chi connectivity index (χ2n) is 5.14. The summed E-state index contributed by atoms with van der Waals surface area (Å²) in [5, 5.41) is 0. The van der Waals surface area contributed by atoms with Gasteiger partial charge in [0.1, 0.15) is 19.0 Å². The minimum absolute atomic E-state index is 0.148. The Bertz CT molecular complexity index is 585. The smallest absolute Gasteiger partial charge is 0.292 e. The van der Waals surface area contributed by atoms with E-state index in [-0.39, 0.29) is 17.6 Å². The molecule has 1 saturated heterocycles. The van der Waals surface area contributed by atoms with Gasteiger partial charge in [0, 0.05) is 26.2 Å². The molecule has 1 aromatic heterocycles. The molecule has 1 fully saturated rings. The van der Waals surface area contributed by atoms with Gasteiger partial charge in [0.15, 0.2) is 5.76 Å². The first-order valence-electron chi connectivity index (χ1n) is 7.25. The third-order valence-electron chi connectivity index (χ3n) is 3.75. The number of nitrogens with zero attached hydrogens (tertiary/aromatic N) is 2. The molecule has 1 aromatic rings. The van der Waals surface area contributed by atoms with Crippen molar-refractivity contribution in [1.82, 2.24) is 9.80 Å². The van der Waals surface area contributed by atoms with Crippen LogP contribution in [0.3, 0.4) is 0 Å². The standard InChI is InChI=1S/C15H18N2O5/c1-11-13(22-10-9-20-11)15(19)17-6-4-16(5-7-17)14(18)12-3-2-8-21-12/h2-3,8H,4-7,9-10H2,1H3. The van der Waals surface area contributed by atoms with E-state index in [4.69, 9.17) is 13.9 Å².